The molecular formula is C37H42ClN5O3. The molecule has 1 aliphatic carbocycles. The van der Waals surface area contributed by atoms with Gasteiger partial charge in [0.05, 0.1) is 24.4 Å². The van der Waals surface area contributed by atoms with Crippen LogP contribution in [0.4, 0.5) is 17.1 Å². The molecule has 2 aromatic carbocycles. The lowest BCUT2D eigenvalue weighted by Gasteiger charge is -2.40. The third-order valence-electron chi connectivity index (χ3n) is 9.82. The molecule has 0 radical (unpaired) electrons. The molecule has 2 aromatic heterocycles. The second kappa shape index (κ2) is 12.3. The molecule has 240 valence electrons. The lowest BCUT2D eigenvalue weighted by atomic mass is 9.72. The number of hydrogen-bond acceptors (Lipinski definition) is 7. The lowest BCUT2D eigenvalue weighted by Crippen LogP contribution is -2.47. The molecule has 1 saturated heterocycles. The molecule has 1 N–H and O–H groups in total. The van der Waals surface area contributed by atoms with Crippen LogP contribution in [0.1, 0.15) is 56.0 Å². The van der Waals surface area contributed by atoms with Crippen molar-refractivity contribution in [1.29, 1.82) is 0 Å². The third kappa shape index (κ3) is 5.96. The first-order valence-electron chi connectivity index (χ1n) is 16.3. The van der Waals surface area contributed by atoms with Gasteiger partial charge in [-0.25, -0.2) is 4.79 Å². The Kier molecular flexibility index (Phi) is 8.19. The fourth-order valence-electron chi connectivity index (χ4n) is 7.21. The fraction of sp³-hybridized carbons (Fsp3) is 0.405. The van der Waals surface area contributed by atoms with Crippen LogP contribution in [0.25, 0.3) is 16.6 Å². The number of fused-ring (bicyclic) bond motifs is 2. The van der Waals surface area contributed by atoms with Crippen molar-refractivity contribution in [3.8, 4) is 5.88 Å². The van der Waals surface area contributed by atoms with E-state index in [-0.39, 0.29) is 12.0 Å². The van der Waals surface area contributed by atoms with E-state index < -0.39 is 0 Å². The number of nitrogens with zero attached hydrogens (tertiary/aromatic N) is 4. The van der Waals surface area contributed by atoms with Crippen molar-refractivity contribution in [2.24, 2.45) is 5.41 Å². The maximum Gasteiger partial charge on any atom is 0.339 e. The van der Waals surface area contributed by atoms with Crippen LogP contribution in [0.5, 0.6) is 5.88 Å². The molecule has 1 fully saturated rings. The maximum atomic E-state index is 13.0. The summed E-state index contributed by atoms with van der Waals surface area (Å²) in [5.41, 5.74) is 8.71. The summed E-state index contributed by atoms with van der Waals surface area (Å²) in [5, 5.41) is 1.77. The van der Waals surface area contributed by atoms with Crippen LogP contribution in [-0.4, -0.2) is 73.3 Å². The number of nitrogens with one attached hydrogen (secondary N) is 1. The van der Waals surface area contributed by atoms with E-state index >= 15 is 0 Å². The van der Waals surface area contributed by atoms with Crippen LogP contribution in [-0.2, 0) is 4.74 Å². The Bertz CT molecular complexity index is 1790. The summed E-state index contributed by atoms with van der Waals surface area (Å²) in [6.45, 7) is 12.1. The number of aromatic amines is 1. The normalized spacial score (nSPS) is 20.1. The number of piperazine rings is 1. The molecule has 1 unspecified atom stereocenters. The topological polar surface area (TPSA) is 73.9 Å². The Morgan fingerprint density at radius 2 is 1.85 bits per heavy atom. The fourth-order valence-corrected chi connectivity index (χ4v) is 7.33. The minimum absolute atomic E-state index is 0.00947. The number of anilines is 3. The van der Waals surface area contributed by atoms with Crippen molar-refractivity contribution in [1.82, 2.24) is 14.9 Å². The summed E-state index contributed by atoms with van der Waals surface area (Å²) in [4.78, 5) is 28.1. The molecule has 9 heteroatoms. The molecule has 46 heavy (non-hydrogen) atoms. The number of pyridine rings is 1. The van der Waals surface area contributed by atoms with E-state index in [0.29, 0.717) is 23.5 Å². The molecule has 2 aliphatic heterocycles. The van der Waals surface area contributed by atoms with Crippen LogP contribution < -0.4 is 14.5 Å². The summed E-state index contributed by atoms with van der Waals surface area (Å²) < 4.78 is 11.3. The van der Waals surface area contributed by atoms with E-state index in [1.54, 1.807) is 5.57 Å². The zero-order valence-corrected chi connectivity index (χ0v) is 27.9. The largest absolute Gasteiger partial charge is 0.474 e. The smallest absolute Gasteiger partial charge is 0.339 e. The molecular weight excluding hydrogens is 598 g/mol. The number of allylic oxidation sites excluding steroid dienone is 1. The summed E-state index contributed by atoms with van der Waals surface area (Å²) >= 11 is 6.23. The molecule has 0 spiro atoms. The van der Waals surface area contributed by atoms with E-state index in [9.17, 15) is 4.79 Å². The van der Waals surface area contributed by atoms with Gasteiger partial charge in [-0.05, 0) is 85.2 Å². The van der Waals surface area contributed by atoms with Gasteiger partial charge in [-0.1, -0.05) is 43.2 Å². The van der Waals surface area contributed by atoms with Gasteiger partial charge in [0.1, 0.15) is 17.9 Å². The van der Waals surface area contributed by atoms with Crippen LogP contribution in [0.2, 0.25) is 5.02 Å². The number of benzene rings is 2. The van der Waals surface area contributed by atoms with Gasteiger partial charge >= 0.3 is 5.97 Å². The number of methoxy groups -OCH3 is 1. The Morgan fingerprint density at radius 3 is 2.61 bits per heavy atom. The first-order valence-corrected chi connectivity index (χ1v) is 16.6. The zero-order chi connectivity index (χ0) is 32.0. The SMILES string of the molecule is COC(=O)c1ccc(N2CCN(CC3=C(c4ccc(Cl)cc4)CC(C)(C)CC3)CC2)cc1N1c2cc3cc[nH]c3nc2OCC1C. The van der Waals surface area contributed by atoms with Gasteiger partial charge in [-0.15, -0.1) is 0 Å². The van der Waals surface area contributed by atoms with Crippen LogP contribution in [0.3, 0.4) is 0 Å². The van der Waals surface area contributed by atoms with E-state index in [2.05, 4.69) is 70.8 Å². The molecule has 0 saturated carbocycles. The molecule has 4 heterocycles. The number of carbonyl (C=O) groups is 1. The Balaban J connectivity index is 1.14. The molecule has 1 atom stereocenters. The third-order valence-corrected chi connectivity index (χ3v) is 10.1. The molecule has 4 aromatic rings. The van der Waals surface area contributed by atoms with Gasteiger partial charge in [0.25, 0.3) is 0 Å². The van der Waals surface area contributed by atoms with Crippen LogP contribution in [0.15, 0.2) is 66.4 Å². The first-order chi connectivity index (χ1) is 22.2. The average molecular weight is 640 g/mol. The quantitative estimate of drug-likeness (QED) is 0.217. The van der Waals surface area contributed by atoms with E-state index in [1.165, 1.54) is 24.7 Å². The summed E-state index contributed by atoms with van der Waals surface area (Å²) in [5.74, 6) is 0.198. The standard InChI is InChI=1S/C37H42ClN5O3/c1-24-23-46-35-33(19-26-12-14-39-34(26)40-35)43(24)32-20-29(9-10-30(32)36(44)45-4)42-17-15-41(16-18-42)22-27-11-13-37(2,3)21-31(27)25-5-7-28(38)8-6-25/h5-10,12,14,19-20,24H,11,13,15-18,21-23H2,1-4H3,(H,39,40). The van der Waals surface area contributed by atoms with E-state index in [0.717, 1.165) is 78.7 Å². The van der Waals surface area contributed by atoms with Gasteiger partial charge in [0.2, 0.25) is 5.88 Å². The number of rotatable bonds is 6. The predicted molar refractivity (Wildman–Crippen MR) is 186 cm³/mol. The summed E-state index contributed by atoms with van der Waals surface area (Å²) in [6.07, 6.45) is 5.31. The number of esters is 1. The highest BCUT2D eigenvalue weighted by Gasteiger charge is 2.33. The van der Waals surface area contributed by atoms with Gasteiger partial charge in [0, 0.05) is 55.0 Å². The minimum Gasteiger partial charge on any atom is -0.474 e. The van der Waals surface area contributed by atoms with Crippen molar-refractivity contribution < 1.29 is 14.3 Å². The molecule has 0 amide bonds. The average Bonchev–Trinajstić information content (AvgIpc) is 3.52. The maximum absolute atomic E-state index is 13.0. The number of aromatic nitrogens is 2. The van der Waals surface area contributed by atoms with Gasteiger partial charge in [0.15, 0.2) is 0 Å². The highest BCUT2D eigenvalue weighted by molar-refractivity contribution is 6.30. The van der Waals surface area contributed by atoms with E-state index in [1.807, 2.05) is 30.5 Å². The predicted octanol–water partition coefficient (Wildman–Crippen LogP) is 7.71. The van der Waals surface area contributed by atoms with Gasteiger partial charge in [-0.2, -0.15) is 4.98 Å². The van der Waals surface area contributed by atoms with Crippen molar-refractivity contribution in [2.45, 2.75) is 46.1 Å². The Hall–Kier alpha value is -4.01. The number of hydrogen-bond donors (Lipinski definition) is 1. The lowest BCUT2D eigenvalue weighted by molar-refractivity contribution is 0.0601. The molecule has 0 bridgehead atoms. The van der Waals surface area contributed by atoms with Gasteiger partial charge < -0.3 is 24.3 Å². The van der Waals surface area contributed by atoms with E-state index in [4.69, 9.17) is 26.1 Å². The number of ether oxygens (including phenoxy) is 2. The second-order valence-corrected chi connectivity index (χ2v) is 14.1. The number of halogens is 1. The van der Waals surface area contributed by atoms with Crippen molar-refractivity contribution in [2.75, 3.05) is 56.2 Å². The van der Waals surface area contributed by atoms with Crippen molar-refractivity contribution in [3.05, 3.63) is 82.5 Å². The monoisotopic (exact) mass is 639 g/mol. The number of carbonyl (C=O) groups excluding carboxylic acids is 1. The minimum atomic E-state index is -0.359. The Labute approximate surface area is 275 Å². The molecule has 8 nitrogen and oxygen atoms in total. The zero-order valence-electron chi connectivity index (χ0n) is 27.1. The van der Waals surface area contributed by atoms with Crippen LogP contribution in [0, 0.1) is 5.41 Å². The molecule has 7 rings (SSSR count). The first kappa shape index (κ1) is 30.6. The highest BCUT2D eigenvalue weighted by Crippen LogP contribution is 2.44. The van der Waals surface area contributed by atoms with Crippen molar-refractivity contribution in [3.63, 3.8) is 0 Å². The van der Waals surface area contributed by atoms with Crippen molar-refractivity contribution >= 4 is 51.2 Å². The Morgan fingerprint density at radius 1 is 1.07 bits per heavy atom. The number of H-pyrrole nitrogens is 1. The van der Waals surface area contributed by atoms with Crippen LogP contribution >= 0.6 is 11.6 Å². The summed E-state index contributed by atoms with van der Waals surface area (Å²) in [7, 11) is 1.43. The summed E-state index contributed by atoms with van der Waals surface area (Å²) in [6, 6.07) is 18.5. The molecule has 3 aliphatic rings. The second-order valence-electron chi connectivity index (χ2n) is 13.6. The highest BCUT2D eigenvalue weighted by atomic mass is 35.5. The van der Waals surface area contributed by atoms with Gasteiger partial charge in [-0.3, -0.25) is 4.90 Å².